The molecule has 3 heterocycles. The van der Waals surface area contributed by atoms with Gasteiger partial charge < -0.3 is 19.1 Å². The number of cyclic esters (lactones) is 1. The number of esters is 1. The molecule has 280 valence electrons. The minimum Gasteiger partial charge on any atom is -0.496 e. The minimum atomic E-state index is -3.77. The van der Waals surface area contributed by atoms with Gasteiger partial charge in [0.1, 0.15) is 11.9 Å². The van der Waals surface area contributed by atoms with Gasteiger partial charge in [0.15, 0.2) is 0 Å². The Morgan fingerprint density at radius 3 is 2.63 bits per heavy atom. The SMILES string of the molecule is C=C[C@@H]1C[C@]1(CC(=C)[C@@H]1C[C@@H]2CN1C(=O)[C@H](C(C)(C)C)CC(=O)OC[C@H](C)C/C=C/c1cc3c(nccc3cc1OC)O2)C(=O)NS(=O)(=O)C1CC1. The number of fused-ring (bicyclic) bond motifs is 3. The molecule has 6 atom stereocenters. The number of sulfonamides is 1. The molecule has 2 aliphatic heterocycles. The summed E-state index contributed by atoms with van der Waals surface area (Å²) in [4.78, 5) is 48.0. The summed E-state index contributed by atoms with van der Waals surface area (Å²) in [6, 6.07) is 5.26. The van der Waals surface area contributed by atoms with Crippen molar-refractivity contribution < 1.29 is 37.0 Å². The highest BCUT2D eigenvalue weighted by molar-refractivity contribution is 7.90. The fraction of sp³-hybridized carbons (Fsp3) is 0.550. The molecule has 1 saturated heterocycles. The molecule has 1 aromatic carbocycles. The van der Waals surface area contributed by atoms with E-state index < -0.39 is 56.0 Å². The first-order chi connectivity index (χ1) is 24.6. The molecular formula is C40H51N3O8S. The molecule has 2 saturated carbocycles. The monoisotopic (exact) mass is 733 g/mol. The lowest BCUT2D eigenvalue weighted by Gasteiger charge is -2.36. The van der Waals surface area contributed by atoms with Crippen LogP contribution in [-0.2, 0) is 29.1 Å². The van der Waals surface area contributed by atoms with Crippen LogP contribution in [0.5, 0.6) is 11.6 Å². The van der Waals surface area contributed by atoms with Crippen molar-refractivity contribution in [1.82, 2.24) is 14.6 Å². The van der Waals surface area contributed by atoms with Crippen molar-refractivity contribution >= 4 is 44.7 Å². The average molecular weight is 734 g/mol. The zero-order chi connectivity index (χ0) is 37.6. The fourth-order valence-corrected chi connectivity index (χ4v) is 8.97. The lowest BCUT2D eigenvalue weighted by Crippen LogP contribution is -2.46. The molecule has 2 aromatic rings. The number of hydrogen-bond donors (Lipinski definition) is 1. The van der Waals surface area contributed by atoms with Crippen LogP contribution in [0, 0.1) is 28.6 Å². The highest BCUT2D eigenvalue weighted by Crippen LogP contribution is 2.58. The first-order valence-electron chi connectivity index (χ1n) is 18.2. The summed E-state index contributed by atoms with van der Waals surface area (Å²) in [5, 5.41) is 1.13. The van der Waals surface area contributed by atoms with E-state index in [1.807, 2.05) is 58.0 Å². The van der Waals surface area contributed by atoms with Crippen LogP contribution >= 0.6 is 0 Å². The molecule has 3 fully saturated rings. The zero-order valence-electron chi connectivity index (χ0n) is 30.9. The van der Waals surface area contributed by atoms with Crippen LogP contribution in [0.2, 0.25) is 0 Å². The van der Waals surface area contributed by atoms with Crippen molar-refractivity contribution in [3.8, 4) is 11.6 Å². The highest BCUT2D eigenvalue weighted by Gasteiger charge is 2.60. The van der Waals surface area contributed by atoms with E-state index in [2.05, 4.69) is 22.9 Å². The smallest absolute Gasteiger partial charge is 0.306 e. The summed E-state index contributed by atoms with van der Waals surface area (Å²) in [6.07, 6.45) is 9.46. The molecule has 52 heavy (non-hydrogen) atoms. The number of benzene rings is 1. The van der Waals surface area contributed by atoms with E-state index in [0.717, 1.165) is 16.3 Å². The van der Waals surface area contributed by atoms with E-state index in [4.69, 9.17) is 14.2 Å². The Bertz CT molecular complexity index is 1910. The van der Waals surface area contributed by atoms with Crippen LogP contribution in [0.3, 0.4) is 0 Å². The van der Waals surface area contributed by atoms with E-state index in [0.29, 0.717) is 49.3 Å². The second kappa shape index (κ2) is 14.3. The van der Waals surface area contributed by atoms with E-state index >= 15 is 0 Å². The molecule has 0 radical (unpaired) electrons. The predicted octanol–water partition coefficient (Wildman–Crippen LogP) is 5.99. The molecule has 4 aliphatic rings. The third kappa shape index (κ3) is 7.77. The van der Waals surface area contributed by atoms with Crippen molar-refractivity contribution in [3.05, 3.63) is 60.8 Å². The van der Waals surface area contributed by atoms with Gasteiger partial charge in [-0.25, -0.2) is 13.4 Å². The second-order valence-electron chi connectivity index (χ2n) is 16.2. The Kier molecular flexibility index (Phi) is 10.3. The van der Waals surface area contributed by atoms with Gasteiger partial charge >= 0.3 is 5.97 Å². The largest absolute Gasteiger partial charge is 0.496 e. The summed E-state index contributed by atoms with van der Waals surface area (Å²) in [5.74, 6) is -1.05. The number of nitrogens with one attached hydrogen (secondary N) is 1. The topological polar surface area (TPSA) is 141 Å². The molecule has 11 nitrogen and oxygen atoms in total. The quantitative estimate of drug-likeness (QED) is 0.256. The predicted molar refractivity (Wildman–Crippen MR) is 199 cm³/mol. The number of aromatic nitrogens is 1. The van der Waals surface area contributed by atoms with Crippen molar-refractivity contribution in [3.63, 3.8) is 0 Å². The maximum Gasteiger partial charge on any atom is 0.306 e. The Hall–Kier alpha value is -4.19. The number of methoxy groups -OCH3 is 1. The van der Waals surface area contributed by atoms with Gasteiger partial charge in [-0.05, 0) is 72.9 Å². The average Bonchev–Trinajstić information content (AvgIpc) is 4.02. The Labute approximate surface area is 306 Å². The molecule has 2 amide bonds. The molecule has 12 heteroatoms. The number of hydrogen-bond acceptors (Lipinski definition) is 9. The van der Waals surface area contributed by atoms with Crippen LogP contribution in [0.15, 0.2) is 55.3 Å². The molecule has 1 N–H and O–H groups in total. The Morgan fingerprint density at radius 1 is 1.23 bits per heavy atom. The molecule has 2 aliphatic carbocycles. The third-order valence-corrected chi connectivity index (χ3v) is 12.9. The van der Waals surface area contributed by atoms with Gasteiger partial charge in [-0.3, -0.25) is 19.1 Å². The fourth-order valence-electron chi connectivity index (χ4n) is 7.59. The van der Waals surface area contributed by atoms with E-state index in [-0.39, 0.29) is 43.7 Å². The van der Waals surface area contributed by atoms with Crippen LogP contribution in [0.4, 0.5) is 0 Å². The highest BCUT2D eigenvalue weighted by atomic mass is 32.2. The van der Waals surface area contributed by atoms with Gasteiger partial charge in [0.25, 0.3) is 0 Å². The number of carbonyl (C=O) groups excluding carboxylic acids is 3. The number of pyridine rings is 1. The first-order valence-corrected chi connectivity index (χ1v) is 19.7. The van der Waals surface area contributed by atoms with Crippen molar-refractivity contribution in [2.75, 3.05) is 20.3 Å². The lowest BCUT2D eigenvalue weighted by molar-refractivity contribution is -0.153. The van der Waals surface area contributed by atoms with Crippen molar-refractivity contribution in [2.45, 2.75) is 90.0 Å². The molecular weight excluding hydrogens is 683 g/mol. The molecule has 1 aromatic heterocycles. The van der Waals surface area contributed by atoms with Gasteiger partial charge in [-0.2, -0.15) is 0 Å². The summed E-state index contributed by atoms with van der Waals surface area (Å²) < 4.78 is 46.0. The molecule has 4 bridgehead atoms. The standard InChI is InChI=1S/C40H51N3O8S/c1-8-28-21-40(28,38(46)42-52(47,48)30-12-13-30)20-25(3)33-18-29-22-43(33)37(45)32(39(4,5)6)19-35(44)50-23-24(2)10-9-11-27-16-31-26(17-34(27)49-7)14-15-41-36(31)51-29/h8-9,11,14-17,24,28-30,32-33H,1,3,10,12-13,18-23H2,2,4-7H3,(H,42,46)/b11-9+/t24-,28-,29-,32-,33+,40+/m1/s1. The summed E-state index contributed by atoms with van der Waals surface area (Å²) in [7, 11) is -2.14. The Balaban J connectivity index is 1.36. The third-order valence-electron chi connectivity index (χ3n) is 11.1. The van der Waals surface area contributed by atoms with Crippen LogP contribution in [0.25, 0.3) is 16.8 Å². The van der Waals surface area contributed by atoms with Gasteiger partial charge in [0.05, 0.1) is 49.3 Å². The number of carbonyl (C=O) groups is 3. The zero-order valence-corrected chi connectivity index (χ0v) is 31.7. The van der Waals surface area contributed by atoms with Crippen LogP contribution in [0.1, 0.15) is 78.2 Å². The van der Waals surface area contributed by atoms with Gasteiger partial charge in [0.2, 0.25) is 27.7 Å². The van der Waals surface area contributed by atoms with E-state index in [1.54, 1.807) is 24.3 Å². The molecule has 0 unspecified atom stereocenters. The second-order valence-corrected chi connectivity index (χ2v) is 18.1. The van der Waals surface area contributed by atoms with Crippen LogP contribution in [-0.4, -0.2) is 73.7 Å². The number of allylic oxidation sites excluding steroid dienone is 2. The van der Waals surface area contributed by atoms with Gasteiger partial charge in [0, 0.05) is 23.6 Å². The first kappa shape index (κ1) is 37.6. The number of ether oxygens (including phenoxy) is 3. The van der Waals surface area contributed by atoms with Gasteiger partial charge in [-0.1, -0.05) is 58.1 Å². The lowest BCUT2D eigenvalue weighted by atomic mass is 9.77. The normalized spacial score (nSPS) is 29.0. The summed E-state index contributed by atoms with van der Waals surface area (Å²) in [6.45, 7) is 16.5. The van der Waals surface area contributed by atoms with Crippen LogP contribution < -0.4 is 14.2 Å². The van der Waals surface area contributed by atoms with E-state index in [9.17, 15) is 22.8 Å². The molecule has 0 spiro atoms. The summed E-state index contributed by atoms with van der Waals surface area (Å²) >= 11 is 0. The summed E-state index contributed by atoms with van der Waals surface area (Å²) in [5.41, 5.74) is -0.175. The van der Waals surface area contributed by atoms with E-state index in [1.165, 1.54) is 0 Å². The number of rotatable bonds is 8. The minimum absolute atomic E-state index is 0.0347. The maximum atomic E-state index is 14.7. The van der Waals surface area contributed by atoms with Crippen molar-refractivity contribution in [2.24, 2.45) is 28.6 Å². The Morgan fingerprint density at radius 2 is 1.98 bits per heavy atom. The number of nitrogens with zero attached hydrogens (tertiary/aromatic N) is 2. The number of amides is 2. The van der Waals surface area contributed by atoms with Gasteiger partial charge in [-0.15, -0.1) is 6.58 Å². The maximum absolute atomic E-state index is 14.7. The van der Waals surface area contributed by atoms with Crippen molar-refractivity contribution in [1.29, 1.82) is 0 Å². The molecule has 6 rings (SSSR count).